The van der Waals surface area contributed by atoms with Crippen LogP contribution in [-0.2, 0) is 9.53 Å². The van der Waals surface area contributed by atoms with Gasteiger partial charge in [0.1, 0.15) is 0 Å². The van der Waals surface area contributed by atoms with Gasteiger partial charge in [0, 0.05) is 25.7 Å². The first kappa shape index (κ1) is 16.0. The summed E-state index contributed by atoms with van der Waals surface area (Å²) in [5.74, 6) is 0.274. The van der Waals surface area contributed by atoms with E-state index in [9.17, 15) is 4.79 Å². The van der Waals surface area contributed by atoms with Crippen LogP contribution in [0.15, 0.2) is 30.3 Å². The summed E-state index contributed by atoms with van der Waals surface area (Å²) in [5, 5.41) is 0. The minimum atomic E-state index is 0.245. The molecule has 1 aromatic rings. The molecule has 1 heterocycles. The van der Waals surface area contributed by atoms with E-state index in [1.54, 1.807) is 0 Å². The van der Waals surface area contributed by atoms with E-state index in [4.69, 9.17) is 4.74 Å². The van der Waals surface area contributed by atoms with Crippen LogP contribution >= 0.6 is 0 Å². The van der Waals surface area contributed by atoms with E-state index < -0.39 is 0 Å². The third kappa shape index (κ3) is 4.31. The van der Waals surface area contributed by atoms with Crippen LogP contribution in [0.5, 0.6) is 0 Å². The first-order chi connectivity index (χ1) is 10.2. The number of hydrogen-bond acceptors (Lipinski definition) is 2. The maximum atomic E-state index is 12.6. The number of likely N-dealkylation sites (tertiary alicyclic amines) is 1. The van der Waals surface area contributed by atoms with Gasteiger partial charge in [-0.2, -0.15) is 0 Å². The zero-order valence-electron chi connectivity index (χ0n) is 13.3. The average Bonchev–Trinajstić information content (AvgIpc) is 2.52. The number of carbonyl (C=O) groups is 1. The SMILES string of the molecule is CCOCCCC(=O)N1[C@H](C)CCC[C@@H]1c1ccccc1. The number of carbonyl (C=O) groups excluding carboxylic acids is 1. The molecular weight excluding hydrogens is 262 g/mol. The zero-order chi connectivity index (χ0) is 15.1. The largest absolute Gasteiger partial charge is 0.382 e. The molecule has 1 aliphatic heterocycles. The number of benzene rings is 1. The summed E-state index contributed by atoms with van der Waals surface area (Å²) in [5.41, 5.74) is 1.27. The summed E-state index contributed by atoms with van der Waals surface area (Å²) in [6.07, 6.45) is 4.79. The molecule has 2 atom stereocenters. The highest BCUT2D eigenvalue weighted by Gasteiger charge is 2.32. The zero-order valence-corrected chi connectivity index (χ0v) is 13.3. The lowest BCUT2D eigenvalue weighted by atomic mass is 9.91. The van der Waals surface area contributed by atoms with E-state index in [1.807, 2.05) is 13.0 Å². The number of piperidine rings is 1. The van der Waals surface area contributed by atoms with Crippen LogP contribution in [0.2, 0.25) is 0 Å². The van der Waals surface area contributed by atoms with Crippen LogP contribution in [0.1, 0.15) is 57.6 Å². The van der Waals surface area contributed by atoms with Gasteiger partial charge in [0.05, 0.1) is 6.04 Å². The number of rotatable bonds is 6. The highest BCUT2D eigenvalue weighted by molar-refractivity contribution is 5.77. The van der Waals surface area contributed by atoms with Gasteiger partial charge in [-0.3, -0.25) is 4.79 Å². The van der Waals surface area contributed by atoms with Gasteiger partial charge >= 0.3 is 0 Å². The Morgan fingerprint density at radius 3 is 2.76 bits per heavy atom. The van der Waals surface area contributed by atoms with Gasteiger partial charge in [-0.05, 0) is 45.1 Å². The number of ether oxygens (including phenoxy) is 1. The molecule has 0 aromatic heterocycles. The van der Waals surface area contributed by atoms with Crippen molar-refractivity contribution in [1.82, 2.24) is 4.90 Å². The van der Waals surface area contributed by atoms with Gasteiger partial charge in [0.25, 0.3) is 0 Å². The summed E-state index contributed by atoms with van der Waals surface area (Å²) >= 11 is 0. The van der Waals surface area contributed by atoms with Crippen LogP contribution in [-0.4, -0.2) is 30.1 Å². The molecule has 0 unspecified atom stereocenters. The van der Waals surface area contributed by atoms with E-state index in [0.29, 0.717) is 19.1 Å². The van der Waals surface area contributed by atoms with Gasteiger partial charge < -0.3 is 9.64 Å². The summed E-state index contributed by atoms with van der Waals surface area (Å²) in [7, 11) is 0. The van der Waals surface area contributed by atoms with Crippen LogP contribution < -0.4 is 0 Å². The molecular formula is C18H27NO2. The summed E-state index contributed by atoms with van der Waals surface area (Å²) in [6, 6.07) is 11.0. The van der Waals surface area contributed by atoms with E-state index in [0.717, 1.165) is 25.9 Å². The molecule has 2 rings (SSSR count). The minimum absolute atomic E-state index is 0.245. The lowest BCUT2D eigenvalue weighted by Gasteiger charge is -2.41. The minimum Gasteiger partial charge on any atom is -0.382 e. The van der Waals surface area contributed by atoms with Crippen molar-refractivity contribution in [2.45, 2.75) is 58.0 Å². The standard InChI is InChI=1S/C18H27NO2/c1-3-21-14-8-13-18(20)19-15(2)9-7-12-17(19)16-10-5-4-6-11-16/h4-6,10-11,15,17H,3,7-9,12-14H2,1-2H3/t15-,17-/m1/s1. The molecule has 0 aliphatic carbocycles. The quantitative estimate of drug-likeness (QED) is 0.742. The molecule has 1 saturated heterocycles. The number of amides is 1. The maximum absolute atomic E-state index is 12.6. The molecule has 3 heteroatoms. The third-order valence-electron chi connectivity index (χ3n) is 4.27. The predicted octanol–water partition coefficient (Wildman–Crippen LogP) is 3.95. The first-order valence-corrected chi connectivity index (χ1v) is 8.18. The van der Waals surface area contributed by atoms with Crippen molar-refractivity contribution in [2.24, 2.45) is 0 Å². The van der Waals surface area contributed by atoms with Crippen molar-refractivity contribution >= 4 is 5.91 Å². The second-order valence-corrected chi connectivity index (χ2v) is 5.81. The Labute approximate surface area is 128 Å². The Balaban J connectivity index is 2.03. The van der Waals surface area contributed by atoms with Crippen LogP contribution in [0, 0.1) is 0 Å². The van der Waals surface area contributed by atoms with E-state index in [1.165, 1.54) is 12.0 Å². The fraction of sp³-hybridized carbons (Fsp3) is 0.611. The van der Waals surface area contributed by atoms with Crippen molar-refractivity contribution in [1.29, 1.82) is 0 Å². The van der Waals surface area contributed by atoms with Gasteiger partial charge in [0.2, 0.25) is 5.91 Å². The van der Waals surface area contributed by atoms with E-state index in [-0.39, 0.29) is 11.9 Å². The van der Waals surface area contributed by atoms with Gasteiger partial charge in [-0.1, -0.05) is 30.3 Å². The van der Waals surface area contributed by atoms with Crippen molar-refractivity contribution in [3.63, 3.8) is 0 Å². The fourth-order valence-electron chi connectivity index (χ4n) is 3.21. The Hall–Kier alpha value is -1.35. The lowest BCUT2D eigenvalue weighted by Crippen LogP contribution is -2.44. The number of hydrogen-bond donors (Lipinski definition) is 0. The van der Waals surface area contributed by atoms with Crippen molar-refractivity contribution in [2.75, 3.05) is 13.2 Å². The molecule has 1 aliphatic rings. The molecule has 0 spiro atoms. The molecule has 1 amide bonds. The molecule has 1 fully saturated rings. The average molecular weight is 289 g/mol. The first-order valence-electron chi connectivity index (χ1n) is 8.18. The Morgan fingerprint density at radius 2 is 2.05 bits per heavy atom. The maximum Gasteiger partial charge on any atom is 0.223 e. The molecule has 0 saturated carbocycles. The third-order valence-corrected chi connectivity index (χ3v) is 4.27. The highest BCUT2D eigenvalue weighted by atomic mass is 16.5. The molecule has 1 aromatic carbocycles. The fourth-order valence-corrected chi connectivity index (χ4v) is 3.21. The van der Waals surface area contributed by atoms with E-state index in [2.05, 4.69) is 36.1 Å². The molecule has 0 N–H and O–H groups in total. The van der Waals surface area contributed by atoms with Crippen LogP contribution in [0.25, 0.3) is 0 Å². The van der Waals surface area contributed by atoms with Crippen LogP contribution in [0.3, 0.4) is 0 Å². The van der Waals surface area contributed by atoms with Crippen molar-refractivity contribution in [3.8, 4) is 0 Å². The molecule has 116 valence electrons. The molecule has 0 bridgehead atoms. The molecule has 21 heavy (non-hydrogen) atoms. The van der Waals surface area contributed by atoms with Crippen molar-refractivity contribution in [3.05, 3.63) is 35.9 Å². The normalized spacial score (nSPS) is 22.3. The lowest BCUT2D eigenvalue weighted by molar-refractivity contribution is -0.138. The van der Waals surface area contributed by atoms with Gasteiger partial charge in [-0.15, -0.1) is 0 Å². The Kier molecular flexibility index (Phi) is 6.24. The monoisotopic (exact) mass is 289 g/mol. The second-order valence-electron chi connectivity index (χ2n) is 5.81. The number of nitrogens with zero attached hydrogens (tertiary/aromatic N) is 1. The molecule has 0 radical (unpaired) electrons. The second kappa shape index (κ2) is 8.18. The smallest absolute Gasteiger partial charge is 0.223 e. The topological polar surface area (TPSA) is 29.5 Å². The van der Waals surface area contributed by atoms with Crippen LogP contribution in [0.4, 0.5) is 0 Å². The Bertz CT molecular complexity index is 432. The highest BCUT2D eigenvalue weighted by Crippen LogP contribution is 2.34. The summed E-state index contributed by atoms with van der Waals surface area (Å²) < 4.78 is 5.34. The van der Waals surface area contributed by atoms with E-state index >= 15 is 0 Å². The predicted molar refractivity (Wildman–Crippen MR) is 85.1 cm³/mol. The van der Waals surface area contributed by atoms with Gasteiger partial charge in [0.15, 0.2) is 0 Å². The Morgan fingerprint density at radius 1 is 1.29 bits per heavy atom. The summed E-state index contributed by atoms with van der Waals surface area (Å²) in [4.78, 5) is 14.7. The summed E-state index contributed by atoms with van der Waals surface area (Å²) in [6.45, 7) is 5.57. The van der Waals surface area contributed by atoms with Crippen molar-refractivity contribution < 1.29 is 9.53 Å². The molecule has 3 nitrogen and oxygen atoms in total. The van der Waals surface area contributed by atoms with Gasteiger partial charge in [-0.25, -0.2) is 0 Å².